The van der Waals surface area contributed by atoms with E-state index in [2.05, 4.69) is 4.72 Å². The Bertz CT molecular complexity index is 1030. The van der Waals surface area contributed by atoms with Gasteiger partial charge >= 0.3 is 0 Å². The first kappa shape index (κ1) is 20.9. The highest BCUT2D eigenvalue weighted by atomic mass is 32.2. The second kappa shape index (κ2) is 8.40. The number of hydrogen-bond donors (Lipinski definition) is 1. The molecule has 2 atom stereocenters. The van der Waals surface area contributed by atoms with Gasteiger partial charge in [-0.25, -0.2) is 8.42 Å². The van der Waals surface area contributed by atoms with Crippen molar-refractivity contribution in [2.45, 2.75) is 56.6 Å². The van der Waals surface area contributed by atoms with Gasteiger partial charge in [-0.2, -0.15) is 0 Å². The van der Waals surface area contributed by atoms with Gasteiger partial charge in [0, 0.05) is 17.8 Å². The van der Waals surface area contributed by atoms with Crippen LogP contribution >= 0.6 is 0 Å². The number of sulfonamides is 1. The number of ether oxygens (including phenoxy) is 1. The van der Waals surface area contributed by atoms with E-state index >= 15 is 0 Å². The van der Waals surface area contributed by atoms with E-state index < -0.39 is 10.0 Å². The monoisotopic (exact) mass is 428 g/mol. The molecular formula is C23H28N2O4S. The van der Waals surface area contributed by atoms with Crippen molar-refractivity contribution in [2.75, 3.05) is 17.9 Å². The summed E-state index contributed by atoms with van der Waals surface area (Å²) in [5.41, 5.74) is 2.75. The van der Waals surface area contributed by atoms with Crippen molar-refractivity contribution in [2.24, 2.45) is 0 Å². The van der Waals surface area contributed by atoms with E-state index in [0.29, 0.717) is 24.4 Å². The predicted octanol–water partition coefficient (Wildman–Crippen LogP) is 3.89. The summed E-state index contributed by atoms with van der Waals surface area (Å²) in [6.45, 7) is 4.85. The van der Waals surface area contributed by atoms with Gasteiger partial charge in [-0.3, -0.25) is 9.52 Å². The summed E-state index contributed by atoms with van der Waals surface area (Å²) in [6, 6.07) is 12.0. The molecule has 6 nitrogen and oxygen atoms in total. The fraction of sp³-hybridized carbons (Fsp3) is 0.435. The highest BCUT2D eigenvalue weighted by molar-refractivity contribution is 7.92. The van der Waals surface area contributed by atoms with E-state index in [-0.39, 0.29) is 22.9 Å². The van der Waals surface area contributed by atoms with Crippen molar-refractivity contribution in [3.63, 3.8) is 0 Å². The Morgan fingerprint density at radius 3 is 2.57 bits per heavy atom. The fourth-order valence-corrected chi connectivity index (χ4v) is 5.42. The topological polar surface area (TPSA) is 75.7 Å². The number of morpholine rings is 1. The Balaban J connectivity index is 1.61. The van der Waals surface area contributed by atoms with E-state index in [0.717, 1.165) is 36.8 Å². The van der Waals surface area contributed by atoms with Crippen molar-refractivity contribution in [3.8, 4) is 0 Å². The third-order valence-electron chi connectivity index (χ3n) is 6.05. The van der Waals surface area contributed by atoms with Crippen LogP contribution in [-0.4, -0.2) is 44.5 Å². The van der Waals surface area contributed by atoms with E-state index in [1.807, 2.05) is 30.9 Å². The van der Waals surface area contributed by atoms with Crippen LogP contribution in [0.3, 0.4) is 0 Å². The Morgan fingerprint density at radius 2 is 1.80 bits per heavy atom. The number of nitrogens with zero attached hydrogens (tertiary/aromatic N) is 1. The quantitative estimate of drug-likeness (QED) is 0.802. The van der Waals surface area contributed by atoms with Gasteiger partial charge in [0.15, 0.2) is 0 Å². The van der Waals surface area contributed by atoms with Crippen molar-refractivity contribution < 1.29 is 17.9 Å². The summed E-state index contributed by atoms with van der Waals surface area (Å²) < 4.78 is 34.3. The predicted molar refractivity (Wildman–Crippen MR) is 116 cm³/mol. The molecule has 4 rings (SSSR count). The molecule has 2 unspecified atom stereocenters. The lowest BCUT2D eigenvalue weighted by Crippen LogP contribution is -2.54. The van der Waals surface area contributed by atoms with Crippen LogP contribution in [-0.2, 0) is 14.8 Å². The maximum Gasteiger partial charge on any atom is 0.261 e. The van der Waals surface area contributed by atoms with Crippen LogP contribution in [0.4, 0.5) is 5.69 Å². The van der Waals surface area contributed by atoms with Crippen LogP contribution < -0.4 is 4.72 Å². The summed E-state index contributed by atoms with van der Waals surface area (Å²) in [5, 5.41) is 0. The molecule has 1 aliphatic carbocycles. The zero-order chi connectivity index (χ0) is 21.3. The minimum atomic E-state index is -3.80. The Labute approximate surface area is 178 Å². The lowest BCUT2D eigenvalue weighted by Gasteiger charge is -2.44. The average Bonchev–Trinajstić information content (AvgIpc) is 2.74. The molecule has 160 valence electrons. The first-order valence-corrected chi connectivity index (χ1v) is 12.0. The van der Waals surface area contributed by atoms with Crippen LogP contribution in [0.5, 0.6) is 0 Å². The third-order valence-corrected chi connectivity index (χ3v) is 7.43. The fourth-order valence-electron chi connectivity index (χ4n) is 4.34. The molecule has 30 heavy (non-hydrogen) atoms. The van der Waals surface area contributed by atoms with Crippen LogP contribution in [0.15, 0.2) is 47.4 Å². The van der Waals surface area contributed by atoms with Gasteiger partial charge in [-0.15, -0.1) is 0 Å². The number of aryl methyl sites for hydroxylation is 2. The van der Waals surface area contributed by atoms with Crippen LogP contribution in [0, 0.1) is 13.8 Å². The number of hydrogen-bond acceptors (Lipinski definition) is 4. The number of anilines is 1. The van der Waals surface area contributed by atoms with Gasteiger partial charge in [-0.1, -0.05) is 36.6 Å². The maximum atomic E-state index is 13.4. The van der Waals surface area contributed by atoms with Gasteiger partial charge in [-0.05, 0) is 56.5 Å². The molecule has 2 aromatic rings. The molecule has 7 heteroatoms. The second-order valence-electron chi connectivity index (χ2n) is 8.21. The summed E-state index contributed by atoms with van der Waals surface area (Å²) >= 11 is 0. The molecule has 1 saturated carbocycles. The Morgan fingerprint density at radius 1 is 1.07 bits per heavy atom. The average molecular weight is 429 g/mol. The molecule has 1 heterocycles. The molecule has 0 radical (unpaired) electrons. The molecule has 2 fully saturated rings. The lowest BCUT2D eigenvalue weighted by molar-refractivity contribution is -0.0753. The van der Waals surface area contributed by atoms with E-state index in [4.69, 9.17) is 4.74 Å². The summed E-state index contributed by atoms with van der Waals surface area (Å²) in [4.78, 5) is 15.4. The molecule has 0 spiro atoms. The first-order valence-electron chi connectivity index (χ1n) is 10.5. The molecule has 2 aliphatic rings. The molecule has 1 N–H and O–H groups in total. The number of benzene rings is 2. The number of rotatable bonds is 4. The number of carbonyl (C=O) groups is 1. The normalized spacial score (nSPS) is 21.7. The smallest absolute Gasteiger partial charge is 0.261 e. The summed E-state index contributed by atoms with van der Waals surface area (Å²) in [7, 11) is -3.80. The summed E-state index contributed by atoms with van der Waals surface area (Å²) in [6.07, 6.45) is 4.21. The van der Waals surface area contributed by atoms with Gasteiger partial charge in [0.25, 0.3) is 15.9 Å². The molecule has 1 saturated heterocycles. The number of amides is 1. The first-order chi connectivity index (χ1) is 14.3. The molecule has 1 amide bonds. The molecule has 1 aliphatic heterocycles. The van der Waals surface area contributed by atoms with Gasteiger partial charge in [0.2, 0.25) is 0 Å². The highest BCUT2D eigenvalue weighted by Gasteiger charge is 2.37. The molecular weight excluding hydrogens is 400 g/mol. The van der Waals surface area contributed by atoms with Crippen molar-refractivity contribution in [1.82, 2.24) is 4.90 Å². The van der Waals surface area contributed by atoms with Crippen LogP contribution in [0.25, 0.3) is 0 Å². The summed E-state index contributed by atoms with van der Waals surface area (Å²) in [5.74, 6) is -0.111. The van der Waals surface area contributed by atoms with Gasteiger partial charge in [0.1, 0.15) is 0 Å². The van der Waals surface area contributed by atoms with Crippen LogP contribution in [0.2, 0.25) is 0 Å². The maximum absolute atomic E-state index is 13.4. The molecule has 0 bridgehead atoms. The van der Waals surface area contributed by atoms with Gasteiger partial charge < -0.3 is 9.64 Å². The molecule has 2 aromatic carbocycles. The standard InChI is InChI=1S/C23H28N2O4S/c1-16-7-10-18(11-8-16)24-30(27,28)19-12-9-17(2)20(15-19)23(26)25-13-14-29-22-6-4-3-5-21(22)25/h7-12,15,21-22,24H,3-6,13-14H2,1-2H3. The lowest BCUT2D eigenvalue weighted by atomic mass is 9.89. The molecule has 0 aromatic heterocycles. The number of carbonyl (C=O) groups excluding carboxylic acids is 1. The minimum absolute atomic E-state index is 0.0744. The third kappa shape index (κ3) is 4.23. The van der Waals surface area contributed by atoms with E-state index in [1.54, 1.807) is 24.3 Å². The largest absolute Gasteiger partial charge is 0.374 e. The number of nitrogens with one attached hydrogen (secondary N) is 1. The van der Waals surface area contributed by atoms with E-state index in [9.17, 15) is 13.2 Å². The van der Waals surface area contributed by atoms with Crippen molar-refractivity contribution >= 4 is 21.6 Å². The van der Waals surface area contributed by atoms with Crippen molar-refractivity contribution in [3.05, 3.63) is 59.2 Å². The van der Waals surface area contributed by atoms with Crippen molar-refractivity contribution in [1.29, 1.82) is 0 Å². The SMILES string of the molecule is Cc1ccc(NS(=O)(=O)c2ccc(C)c(C(=O)N3CCOC4CCCCC43)c2)cc1. The van der Waals surface area contributed by atoms with Crippen LogP contribution in [0.1, 0.15) is 47.2 Å². The minimum Gasteiger partial charge on any atom is -0.374 e. The number of fused-ring (bicyclic) bond motifs is 1. The highest BCUT2D eigenvalue weighted by Crippen LogP contribution is 2.30. The zero-order valence-electron chi connectivity index (χ0n) is 17.4. The zero-order valence-corrected chi connectivity index (χ0v) is 18.2. The van der Waals surface area contributed by atoms with Gasteiger partial charge in [0.05, 0.1) is 23.6 Å². The second-order valence-corrected chi connectivity index (χ2v) is 9.89. The Kier molecular flexibility index (Phi) is 5.84. The van der Waals surface area contributed by atoms with E-state index in [1.165, 1.54) is 6.07 Å². The Hall–Kier alpha value is -2.38.